The highest BCUT2D eigenvalue weighted by Crippen LogP contribution is 2.29. The molecule has 0 spiro atoms. The molecule has 1 heterocycles. The number of rotatable bonds is 1. The van der Waals surface area contributed by atoms with Crippen molar-refractivity contribution in [2.24, 2.45) is 0 Å². The Hall–Kier alpha value is -1.51. The molecule has 0 aliphatic carbocycles. The van der Waals surface area contributed by atoms with Crippen LogP contribution in [-0.4, -0.2) is 4.98 Å². The van der Waals surface area contributed by atoms with Gasteiger partial charge in [-0.1, -0.05) is 13.8 Å². The second-order valence-corrected chi connectivity index (χ2v) is 4.24. The summed E-state index contributed by atoms with van der Waals surface area (Å²) in [5.41, 5.74) is 8.82. The van der Waals surface area contributed by atoms with E-state index in [9.17, 15) is 4.39 Å². The fourth-order valence-electron chi connectivity index (χ4n) is 2.00. The van der Waals surface area contributed by atoms with Crippen molar-refractivity contribution in [2.75, 3.05) is 5.73 Å². The molecular weight excluding hydrogens is 191 g/mol. The molecule has 0 aliphatic heterocycles. The van der Waals surface area contributed by atoms with Crippen molar-refractivity contribution >= 4 is 16.6 Å². The third kappa shape index (κ3) is 1.48. The normalized spacial score (nSPS) is 11.5. The molecule has 2 rings (SSSR count). The van der Waals surface area contributed by atoms with E-state index < -0.39 is 0 Å². The largest absolute Gasteiger partial charge is 0.399 e. The first-order chi connectivity index (χ1) is 7.00. The smallest absolute Gasteiger partial charge is 0.149 e. The molecule has 3 N–H and O–H groups in total. The minimum absolute atomic E-state index is 0.278. The summed E-state index contributed by atoms with van der Waals surface area (Å²) in [5, 5.41) is 0.885. The van der Waals surface area contributed by atoms with E-state index in [2.05, 4.69) is 18.8 Å². The molecule has 0 saturated heterocycles. The fourth-order valence-corrected chi connectivity index (χ4v) is 2.00. The number of aromatic nitrogens is 1. The summed E-state index contributed by atoms with van der Waals surface area (Å²) < 4.78 is 13.6. The molecule has 15 heavy (non-hydrogen) atoms. The minimum Gasteiger partial charge on any atom is -0.399 e. The molecule has 80 valence electrons. The molecule has 0 fully saturated rings. The van der Waals surface area contributed by atoms with Crippen molar-refractivity contribution in [2.45, 2.75) is 26.7 Å². The van der Waals surface area contributed by atoms with Crippen LogP contribution in [0, 0.1) is 12.7 Å². The summed E-state index contributed by atoms with van der Waals surface area (Å²) in [5.74, 6) is 0.0815. The number of nitrogen functional groups attached to an aromatic ring is 1. The summed E-state index contributed by atoms with van der Waals surface area (Å²) in [6.07, 6.45) is 0. The zero-order valence-electron chi connectivity index (χ0n) is 9.19. The predicted octanol–water partition coefficient (Wildman–Crippen LogP) is 3.32. The van der Waals surface area contributed by atoms with Crippen LogP contribution in [0.5, 0.6) is 0 Å². The van der Waals surface area contributed by atoms with E-state index in [1.54, 1.807) is 0 Å². The highest BCUT2D eigenvalue weighted by atomic mass is 19.1. The van der Waals surface area contributed by atoms with Crippen LogP contribution >= 0.6 is 0 Å². The minimum atomic E-state index is -0.278. The monoisotopic (exact) mass is 206 g/mol. The first kappa shape index (κ1) is 10.0. The molecule has 0 bridgehead atoms. The Kier molecular flexibility index (Phi) is 2.18. The zero-order chi connectivity index (χ0) is 11.2. The van der Waals surface area contributed by atoms with Crippen LogP contribution in [-0.2, 0) is 0 Å². The molecule has 0 radical (unpaired) electrons. The number of hydrogen-bond donors (Lipinski definition) is 2. The van der Waals surface area contributed by atoms with Crippen molar-refractivity contribution in [1.29, 1.82) is 0 Å². The quantitative estimate of drug-likeness (QED) is 0.690. The summed E-state index contributed by atoms with van der Waals surface area (Å²) in [6, 6.07) is 3.17. The average Bonchev–Trinajstić information content (AvgIpc) is 2.44. The van der Waals surface area contributed by atoms with Gasteiger partial charge in [0.1, 0.15) is 5.82 Å². The van der Waals surface area contributed by atoms with Crippen LogP contribution in [0.2, 0.25) is 0 Å². The van der Waals surface area contributed by atoms with Gasteiger partial charge in [-0.3, -0.25) is 0 Å². The number of nitrogens with one attached hydrogen (secondary N) is 1. The summed E-state index contributed by atoms with van der Waals surface area (Å²) in [4.78, 5) is 3.13. The Labute approximate surface area is 88.3 Å². The van der Waals surface area contributed by atoms with Crippen molar-refractivity contribution in [3.05, 3.63) is 29.2 Å². The van der Waals surface area contributed by atoms with Crippen molar-refractivity contribution in [3.8, 4) is 0 Å². The Bertz CT molecular complexity index is 512. The summed E-state index contributed by atoms with van der Waals surface area (Å²) >= 11 is 0. The van der Waals surface area contributed by atoms with Crippen LogP contribution in [0.1, 0.15) is 31.0 Å². The number of nitrogens with two attached hydrogens (primary N) is 1. The van der Waals surface area contributed by atoms with Gasteiger partial charge in [0.25, 0.3) is 0 Å². The van der Waals surface area contributed by atoms with Crippen LogP contribution in [0.4, 0.5) is 10.1 Å². The predicted molar refractivity (Wildman–Crippen MR) is 61.5 cm³/mol. The molecule has 0 atom stereocenters. The maximum absolute atomic E-state index is 13.6. The molecule has 0 aliphatic rings. The van der Waals surface area contributed by atoms with Gasteiger partial charge in [0.15, 0.2) is 0 Å². The first-order valence-corrected chi connectivity index (χ1v) is 5.08. The molecule has 0 unspecified atom stereocenters. The standard InChI is InChI=1S/C12H15FN2/c1-6(2)11-7(3)9-4-8(14)5-10(13)12(9)15-11/h4-6,15H,14H2,1-3H3. The molecular formula is C12H15FN2. The zero-order valence-corrected chi connectivity index (χ0v) is 9.19. The van der Waals surface area contributed by atoms with Gasteiger partial charge < -0.3 is 10.7 Å². The van der Waals surface area contributed by atoms with Crippen molar-refractivity contribution < 1.29 is 4.39 Å². The van der Waals surface area contributed by atoms with E-state index in [-0.39, 0.29) is 5.82 Å². The maximum Gasteiger partial charge on any atom is 0.149 e. The summed E-state index contributed by atoms with van der Waals surface area (Å²) in [7, 11) is 0. The maximum atomic E-state index is 13.6. The molecule has 0 amide bonds. The average molecular weight is 206 g/mol. The Morgan fingerprint density at radius 1 is 1.33 bits per heavy atom. The Morgan fingerprint density at radius 2 is 2.00 bits per heavy atom. The summed E-state index contributed by atoms with van der Waals surface area (Å²) in [6.45, 7) is 6.16. The number of benzene rings is 1. The second kappa shape index (κ2) is 3.26. The Balaban J connectivity index is 2.82. The molecule has 1 aromatic carbocycles. The molecule has 0 saturated carbocycles. The molecule has 2 nitrogen and oxygen atoms in total. The lowest BCUT2D eigenvalue weighted by Gasteiger charge is -2.02. The third-order valence-corrected chi connectivity index (χ3v) is 2.76. The van der Waals surface area contributed by atoms with Crippen LogP contribution < -0.4 is 5.73 Å². The number of anilines is 1. The van der Waals surface area contributed by atoms with Gasteiger partial charge in [0, 0.05) is 16.8 Å². The lowest BCUT2D eigenvalue weighted by Crippen LogP contribution is -1.89. The van der Waals surface area contributed by atoms with Gasteiger partial charge >= 0.3 is 0 Å². The molecule has 3 heteroatoms. The second-order valence-electron chi connectivity index (χ2n) is 4.24. The van der Waals surface area contributed by atoms with E-state index in [1.165, 1.54) is 6.07 Å². The first-order valence-electron chi connectivity index (χ1n) is 5.08. The Morgan fingerprint density at radius 3 is 2.60 bits per heavy atom. The van der Waals surface area contributed by atoms with Gasteiger partial charge in [-0.2, -0.15) is 0 Å². The van der Waals surface area contributed by atoms with Gasteiger partial charge in [0.2, 0.25) is 0 Å². The van der Waals surface area contributed by atoms with Crippen molar-refractivity contribution in [1.82, 2.24) is 4.98 Å². The highest BCUT2D eigenvalue weighted by molar-refractivity contribution is 5.87. The molecule has 2 aromatic rings. The third-order valence-electron chi connectivity index (χ3n) is 2.76. The highest BCUT2D eigenvalue weighted by Gasteiger charge is 2.13. The van der Waals surface area contributed by atoms with E-state index in [1.807, 2.05) is 13.0 Å². The molecule has 1 aromatic heterocycles. The number of aryl methyl sites for hydroxylation is 1. The van der Waals surface area contributed by atoms with E-state index in [0.717, 1.165) is 16.6 Å². The number of halogens is 1. The van der Waals surface area contributed by atoms with E-state index >= 15 is 0 Å². The number of fused-ring (bicyclic) bond motifs is 1. The lowest BCUT2D eigenvalue weighted by atomic mass is 10.0. The van der Waals surface area contributed by atoms with Crippen LogP contribution in [0.3, 0.4) is 0 Å². The van der Waals surface area contributed by atoms with Gasteiger partial charge in [-0.05, 0) is 30.5 Å². The van der Waals surface area contributed by atoms with Crippen LogP contribution in [0.25, 0.3) is 10.9 Å². The fraction of sp³-hybridized carbons (Fsp3) is 0.333. The van der Waals surface area contributed by atoms with Crippen molar-refractivity contribution in [3.63, 3.8) is 0 Å². The van der Waals surface area contributed by atoms with Gasteiger partial charge in [-0.15, -0.1) is 0 Å². The SMILES string of the molecule is Cc1c(C(C)C)[nH]c2c(F)cc(N)cc12. The number of aromatic amines is 1. The van der Waals surface area contributed by atoms with Gasteiger partial charge in [-0.25, -0.2) is 4.39 Å². The lowest BCUT2D eigenvalue weighted by molar-refractivity contribution is 0.637. The van der Waals surface area contributed by atoms with Gasteiger partial charge in [0.05, 0.1) is 5.52 Å². The number of hydrogen-bond acceptors (Lipinski definition) is 1. The van der Waals surface area contributed by atoms with E-state index in [0.29, 0.717) is 17.1 Å². The van der Waals surface area contributed by atoms with Crippen LogP contribution in [0.15, 0.2) is 12.1 Å². The van der Waals surface area contributed by atoms with E-state index in [4.69, 9.17) is 5.73 Å². The topological polar surface area (TPSA) is 41.8 Å². The number of H-pyrrole nitrogens is 1.